The van der Waals surface area contributed by atoms with Gasteiger partial charge >= 0.3 is 0 Å². The number of benzene rings is 1. The molecule has 1 aliphatic rings. The fraction of sp³-hybridized carbons (Fsp3) is 0.333. The molecule has 1 aromatic carbocycles. The van der Waals surface area contributed by atoms with Crippen LogP contribution in [0.2, 0.25) is 5.02 Å². The second kappa shape index (κ2) is 8.72. The molecule has 1 atom stereocenters. The van der Waals surface area contributed by atoms with Gasteiger partial charge in [-0.05, 0) is 54.5 Å². The monoisotopic (exact) mass is 402 g/mol. The van der Waals surface area contributed by atoms with Gasteiger partial charge in [0.15, 0.2) is 0 Å². The van der Waals surface area contributed by atoms with E-state index in [0.29, 0.717) is 21.5 Å². The summed E-state index contributed by atoms with van der Waals surface area (Å²) in [6.07, 6.45) is 8.36. The van der Waals surface area contributed by atoms with Crippen molar-refractivity contribution >= 4 is 45.8 Å². The molecule has 0 saturated carbocycles. The molecule has 2 aromatic rings. The first kappa shape index (κ1) is 19.6. The van der Waals surface area contributed by atoms with Gasteiger partial charge < -0.3 is 11.1 Å². The molecule has 0 aliphatic heterocycles. The van der Waals surface area contributed by atoms with Crippen molar-refractivity contribution in [1.29, 1.82) is 0 Å². The first-order valence-electron chi connectivity index (χ1n) is 9.17. The molecule has 2 amide bonds. The molecule has 3 N–H and O–H groups in total. The van der Waals surface area contributed by atoms with Gasteiger partial charge in [0, 0.05) is 16.0 Å². The van der Waals surface area contributed by atoms with E-state index in [2.05, 4.69) is 12.2 Å². The van der Waals surface area contributed by atoms with Crippen molar-refractivity contribution < 1.29 is 9.59 Å². The Hall–Kier alpha value is -2.11. The third-order valence-corrected chi connectivity index (χ3v) is 6.23. The van der Waals surface area contributed by atoms with Crippen molar-refractivity contribution in [3.63, 3.8) is 0 Å². The van der Waals surface area contributed by atoms with Crippen LogP contribution in [0.1, 0.15) is 52.5 Å². The lowest BCUT2D eigenvalue weighted by molar-refractivity contribution is -0.111. The quantitative estimate of drug-likeness (QED) is 0.663. The number of thiophene rings is 1. The highest BCUT2D eigenvalue weighted by molar-refractivity contribution is 7.17. The Balaban J connectivity index is 1.78. The lowest BCUT2D eigenvalue weighted by atomic mass is 9.84. The Bertz CT molecular complexity index is 888. The van der Waals surface area contributed by atoms with Crippen LogP contribution >= 0.6 is 22.9 Å². The van der Waals surface area contributed by atoms with E-state index < -0.39 is 5.91 Å². The fourth-order valence-electron chi connectivity index (χ4n) is 3.59. The highest BCUT2D eigenvalue weighted by atomic mass is 35.5. The molecule has 142 valence electrons. The molecule has 0 fully saturated rings. The molecule has 3 rings (SSSR count). The number of nitrogens with one attached hydrogen (secondary N) is 1. The van der Waals surface area contributed by atoms with Crippen LogP contribution in [0.3, 0.4) is 0 Å². The molecule has 0 bridgehead atoms. The van der Waals surface area contributed by atoms with Crippen LogP contribution in [-0.4, -0.2) is 11.8 Å². The van der Waals surface area contributed by atoms with Gasteiger partial charge in [0.1, 0.15) is 5.00 Å². The van der Waals surface area contributed by atoms with Gasteiger partial charge in [0.2, 0.25) is 5.91 Å². The van der Waals surface area contributed by atoms with Crippen LogP contribution in [0.15, 0.2) is 30.3 Å². The van der Waals surface area contributed by atoms with E-state index in [4.69, 9.17) is 17.3 Å². The first-order valence-corrected chi connectivity index (χ1v) is 10.4. The molecule has 1 aliphatic carbocycles. The Morgan fingerprint density at radius 1 is 1.41 bits per heavy atom. The first-order chi connectivity index (χ1) is 13.0. The summed E-state index contributed by atoms with van der Waals surface area (Å²) in [5.41, 5.74) is 7.95. The minimum Gasteiger partial charge on any atom is -0.365 e. The number of carbonyl (C=O) groups excluding carboxylic acids is 2. The number of anilines is 1. The van der Waals surface area contributed by atoms with Crippen molar-refractivity contribution in [2.75, 3.05) is 5.32 Å². The number of amides is 2. The van der Waals surface area contributed by atoms with Crippen LogP contribution < -0.4 is 11.1 Å². The molecule has 6 heteroatoms. The van der Waals surface area contributed by atoms with E-state index >= 15 is 0 Å². The molecule has 27 heavy (non-hydrogen) atoms. The summed E-state index contributed by atoms with van der Waals surface area (Å²) in [6.45, 7) is 2.19. The van der Waals surface area contributed by atoms with Crippen molar-refractivity contribution in [1.82, 2.24) is 0 Å². The Labute approximate surface area is 168 Å². The summed E-state index contributed by atoms with van der Waals surface area (Å²) in [4.78, 5) is 25.5. The fourth-order valence-corrected chi connectivity index (χ4v) is 5.16. The molecule has 4 nitrogen and oxygen atoms in total. The van der Waals surface area contributed by atoms with Gasteiger partial charge in [-0.2, -0.15) is 0 Å². The second-order valence-electron chi connectivity index (χ2n) is 6.85. The number of carbonyl (C=O) groups is 2. The van der Waals surface area contributed by atoms with Gasteiger partial charge in [-0.3, -0.25) is 9.59 Å². The van der Waals surface area contributed by atoms with Gasteiger partial charge in [-0.25, -0.2) is 0 Å². The molecular weight excluding hydrogens is 380 g/mol. The number of halogens is 1. The van der Waals surface area contributed by atoms with E-state index in [-0.39, 0.29) is 5.91 Å². The molecule has 1 heterocycles. The summed E-state index contributed by atoms with van der Waals surface area (Å²) in [7, 11) is 0. The summed E-state index contributed by atoms with van der Waals surface area (Å²) >= 11 is 7.44. The van der Waals surface area contributed by atoms with Crippen molar-refractivity contribution in [3.05, 3.63) is 56.9 Å². The molecule has 1 unspecified atom stereocenters. The zero-order valence-corrected chi connectivity index (χ0v) is 16.8. The van der Waals surface area contributed by atoms with E-state index in [1.165, 1.54) is 28.7 Å². The minimum absolute atomic E-state index is 0.291. The molecule has 0 saturated heterocycles. The summed E-state index contributed by atoms with van der Waals surface area (Å²) in [5.74, 6) is -0.120. The standard InChI is InChI=1S/C21H23ClN2O2S/c1-2-4-13-7-9-16-17(12-13)27-21(19(16)20(23)26)24-18(25)10-8-14-5-3-6-15(22)11-14/h3,5-6,8,10-11,13H,2,4,7,9,12H2,1H3,(H2,23,26)(H,24,25)/b10-8+. The molecule has 0 radical (unpaired) electrons. The molecule has 1 aromatic heterocycles. The summed E-state index contributed by atoms with van der Waals surface area (Å²) in [5, 5.41) is 4.01. The van der Waals surface area contributed by atoms with Gasteiger partial charge in [-0.15, -0.1) is 11.3 Å². The lowest BCUT2D eigenvalue weighted by Gasteiger charge is -2.21. The van der Waals surface area contributed by atoms with Gasteiger partial charge in [0.25, 0.3) is 5.91 Å². The predicted molar refractivity (Wildman–Crippen MR) is 112 cm³/mol. The van der Waals surface area contributed by atoms with Crippen molar-refractivity contribution in [2.24, 2.45) is 11.7 Å². The number of hydrogen-bond donors (Lipinski definition) is 2. The molecular formula is C21H23ClN2O2S. The maximum absolute atomic E-state index is 12.3. The van der Waals surface area contributed by atoms with Crippen LogP contribution in [0.25, 0.3) is 6.08 Å². The number of fused-ring (bicyclic) bond motifs is 1. The third-order valence-electron chi connectivity index (χ3n) is 4.82. The average Bonchev–Trinajstić information content (AvgIpc) is 2.97. The van der Waals surface area contributed by atoms with Crippen molar-refractivity contribution in [3.8, 4) is 0 Å². The van der Waals surface area contributed by atoms with Crippen LogP contribution in [-0.2, 0) is 17.6 Å². The van der Waals surface area contributed by atoms with E-state index in [9.17, 15) is 9.59 Å². The summed E-state index contributed by atoms with van der Waals surface area (Å²) in [6, 6.07) is 7.24. The zero-order valence-electron chi connectivity index (χ0n) is 15.3. The molecule has 0 spiro atoms. The smallest absolute Gasteiger partial charge is 0.251 e. The highest BCUT2D eigenvalue weighted by Crippen LogP contribution is 2.40. The van der Waals surface area contributed by atoms with Crippen LogP contribution in [0.4, 0.5) is 5.00 Å². The Morgan fingerprint density at radius 2 is 2.22 bits per heavy atom. The van der Waals surface area contributed by atoms with E-state index in [1.54, 1.807) is 18.2 Å². The summed E-state index contributed by atoms with van der Waals surface area (Å²) < 4.78 is 0. The Morgan fingerprint density at radius 3 is 2.93 bits per heavy atom. The van der Waals surface area contributed by atoms with Crippen LogP contribution in [0, 0.1) is 5.92 Å². The second-order valence-corrected chi connectivity index (χ2v) is 8.39. The van der Waals surface area contributed by atoms with Crippen LogP contribution in [0.5, 0.6) is 0 Å². The number of rotatable bonds is 6. The number of hydrogen-bond acceptors (Lipinski definition) is 3. The van der Waals surface area contributed by atoms with E-state index in [1.807, 2.05) is 12.1 Å². The topological polar surface area (TPSA) is 72.2 Å². The lowest BCUT2D eigenvalue weighted by Crippen LogP contribution is -2.19. The maximum atomic E-state index is 12.3. The number of primary amides is 1. The third kappa shape index (κ3) is 4.79. The highest BCUT2D eigenvalue weighted by Gasteiger charge is 2.28. The predicted octanol–water partition coefficient (Wildman–Crippen LogP) is 5.06. The van der Waals surface area contributed by atoms with Gasteiger partial charge in [0.05, 0.1) is 5.56 Å². The van der Waals surface area contributed by atoms with Crippen molar-refractivity contribution in [2.45, 2.75) is 39.0 Å². The zero-order chi connectivity index (χ0) is 19.4. The largest absolute Gasteiger partial charge is 0.365 e. The maximum Gasteiger partial charge on any atom is 0.251 e. The van der Waals surface area contributed by atoms with E-state index in [0.717, 1.165) is 36.8 Å². The Kier molecular flexibility index (Phi) is 6.34. The minimum atomic E-state index is -0.476. The normalized spacial score (nSPS) is 16.3. The average molecular weight is 403 g/mol. The van der Waals surface area contributed by atoms with Gasteiger partial charge in [-0.1, -0.05) is 43.5 Å². The SMILES string of the molecule is CCCC1CCc2c(sc(NC(=O)/C=C/c3cccc(Cl)c3)c2C(N)=O)C1. The number of nitrogens with two attached hydrogens (primary N) is 1.